The summed E-state index contributed by atoms with van der Waals surface area (Å²) in [6, 6.07) is 0. The van der Waals surface area contributed by atoms with Gasteiger partial charge in [0.2, 0.25) is 0 Å². The van der Waals surface area contributed by atoms with Crippen molar-refractivity contribution >= 4 is 41.5 Å². The summed E-state index contributed by atoms with van der Waals surface area (Å²) in [5.74, 6) is -1.77. The molecule has 1 N–H and O–H groups in total. The van der Waals surface area contributed by atoms with Crippen molar-refractivity contribution in [2.24, 2.45) is 0 Å². The predicted octanol–water partition coefficient (Wildman–Crippen LogP) is -0.0940. The van der Waals surface area contributed by atoms with Crippen LogP contribution >= 0.6 is 0 Å². The number of esters is 2. The van der Waals surface area contributed by atoms with Gasteiger partial charge in [-0.3, -0.25) is 0 Å². The molecule has 0 unspecified atom stereocenters. The van der Waals surface area contributed by atoms with Gasteiger partial charge in [0.05, 0.1) is 13.2 Å². The zero-order chi connectivity index (χ0) is 10.3. The Balaban J connectivity index is 0. The molecule has 0 aliphatic carbocycles. The van der Waals surface area contributed by atoms with Crippen molar-refractivity contribution in [3.8, 4) is 0 Å². The number of rotatable bonds is 4. The van der Waals surface area contributed by atoms with E-state index in [0.29, 0.717) is 6.26 Å². The third-order valence-corrected chi connectivity index (χ3v) is 1.12. The van der Waals surface area contributed by atoms with Crippen LogP contribution in [0.1, 0.15) is 13.8 Å². The van der Waals surface area contributed by atoms with E-state index < -0.39 is 17.5 Å². The van der Waals surface area contributed by atoms with Gasteiger partial charge in [-0.25, -0.2) is 9.59 Å². The Kier molecular flexibility index (Phi) is 10.3. The Morgan fingerprint density at radius 1 is 1.14 bits per heavy atom. The molecule has 14 heavy (non-hydrogen) atoms. The number of aliphatic hydroxyl groups excluding tert-OH is 1. The minimum atomic E-state index is -0.886. The molecule has 0 spiro atoms. The van der Waals surface area contributed by atoms with Gasteiger partial charge < -0.3 is 14.6 Å². The van der Waals surface area contributed by atoms with Gasteiger partial charge in [0.1, 0.15) is 6.26 Å². The second kappa shape index (κ2) is 9.05. The molecule has 0 aliphatic heterocycles. The quantitative estimate of drug-likeness (QED) is 0.176. The molecule has 6 heteroatoms. The van der Waals surface area contributed by atoms with Crippen molar-refractivity contribution < 1.29 is 24.2 Å². The number of carbonyl (C=O) groups is 2. The topological polar surface area (TPSA) is 72.8 Å². The van der Waals surface area contributed by atoms with Gasteiger partial charge in [-0.05, 0) is 13.8 Å². The summed E-state index contributed by atoms with van der Waals surface area (Å²) in [5, 5.41) is 8.56. The van der Waals surface area contributed by atoms with E-state index in [4.69, 9.17) is 5.11 Å². The maximum atomic E-state index is 10.9. The summed E-state index contributed by atoms with van der Waals surface area (Å²) in [4.78, 5) is 21.9. The van der Waals surface area contributed by atoms with E-state index >= 15 is 0 Å². The van der Waals surface area contributed by atoms with Crippen LogP contribution in [0.2, 0.25) is 0 Å². The van der Waals surface area contributed by atoms with E-state index in [1.165, 1.54) is 0 Å². The fourth-order valence-corrected chi connectivity index (χ4v) is 0.606. The summed E-state index contributed by atoms with van der Waals surface area (Å²) in [7, 11) is 0. The Morgan fingerprint density at radius 3 is 1.71 bits per heavy atom. The molecular formula is C8H13NaO5. The van der Waals surface area contributed by atoms with Crippen molar-refractivity contribution in [3.05, 3.63) is 11.8 Å². The molecule has 0 heterocycles. The molecule has 0 atom stereocenters. The standard InChI is InChI=1S/C8H12O5.Na.H/c1-3-12-7(10)6(5-9)8(11)13-4-2;;/h5,9H,3-4H2,1-2H3;;. The Bertz CT molecular complexity index is 204. The number of hydrogen-bond donors (Lipinski definition) is 1. The van der Waals surface area contributed by atoms with Crippen molar-refractivity contribution in [2.75, 3.05) is 13.2 Å². The number of aliphatic hydroxyl groups is 1. The average molecular weight is 212 g/mol. The Hall–Kier alpha value is -0.520. The second-order valence-corrected chi connectivity index (χ2v) is 1.98. The first-order valence-corrected chi connectivity index (χ1v) is 3.85. The Labute approximate surface area is 104 Å². The van der Waals surface area contributed by atoms with Crippen LogP contribution in [0.4, 0.5) is 0 Å². The molecule has 76 valence electrons. The average Bonchev–Trinajstić information content (AvgIpc) is 2.06. The summed E-state index contributed by atoms with van der Waals surface area (Å²) in [6.07, 6.45) is 0.385. The fraction of sp³-hybridized carbons (Fsp3) is 0.500. The van der Waals surface area contributed by atoms with Gasteiger partial charge in [0.25, 0.3) is 0 Å². The van der Waals surface area contributed by atoms with E-state index in [-0.39, 0.29) is 42.8 Å². The third kappa shape index (κ3) is 5.26. The van der Waals surface area contributed by atoms with Crippen molar-refractivity contribution in [1.82, 2.24) is 0 Å². The zero-order valence-electron chi connectivity index (χ0n) is 7.57. The maximum absolute atomic E-state index is 10.9. The molecule has 0 aromatic heterocycles. The van der Waals surface area contributed by atoms with Crippen LogP contribution in [-0.4, -0.2) is 59.8 Å². The van der Waals surface area contributed by atoms with Gasteiger partial charge in [-0.1, -0.05) is 0 Å². The molecule has 0 saturated heterocycles. The van der Waals surface area contributed by atoms with E-state index in [1.54, 1.807) is 13.8 Å². The molecule has 0 aliphatic rings. The normalized spacial score (nSPS) is 8.14. The summed E-state index contributed by atoms with van der Waals surface area (Å²) >= 11 is 0. The second-order valence-electron chi connectivity index (χ2n) is 1.98. The number of ether oxygens (including phenoxy) is 2. The van der Waals surface area contributed by atoms with E-state index in [0.717, 1.165) is 0 Å². The molecule has 0 fully saturated rings. The van der Waals surface area contributed by atoms with Crippen molar-refractivity contribution in [1.29, 1.82) is 0 Å². The first-order chi connectivity index (χ1) is 6.17. The molecule has 0 aromatic rings. The SMILES string of the molecule is CCOC(=O)C(=CO)C(=O)OCC.[NaH]. The van der Waals surface area contributed by atoms with Crippen LogP contribution in [0.5, 0.6) is 0 Å². The van der Waals surface area contributed by atoms with Gasteiger partial charge in [0, 0.05) is 0 Å². The molecule has 5 nitrogen and oxygen atoms in total. The molecule has 0 amide bonds. The fourth-order valence-electron chi connectivity index (χ4n) is 0.606. The summed E-state index contributed by atoms with van der Waals surface area (Å²) < 4.78 is 8.99. The van der Waals surface area contributed by atoms with Crippen LogP contribution in [0.15, 0.2) is 11.8 Å². The summed E-state index contributed by atoms with van der Waals surface area (Å²) in [5.41, 5.74) is -0.497. The predicted molar refractivity (Wildman–Crippen MR) is 51.1 cm³/mol. The first-order valence-electron chi connectivity index (χ1n) is 3.85. The molecule has 0 saturated carbocycles. The Morgan fingerprint density at radius 2 is 1.50 bits per heavy atom. The van der Waals surface area contributed by atoms with Gasteiger partial charge in [-0.2, -0.15) is 0 Å². The minimum absolute atomic E-state index is 0. The van der Waals surface area contributed by atoms with E-state index in [2.05, 4.69) is 9.47 Å². The van der Waals surface area contributed by atoms with Crippen LogP contribution in [0.25, 0.3) is 0 Å². The van der Waals surface area contributed by atoms with Crippen molar-refractivity contribution in [3.63, 3.8) is 0 Å². The van der Waals surface area contributed by atoms with Crippen molar-refractivity contribution in [2.45, 2.75) is 13.8 Å². The van der Waals surface area contributed by atoms with Crippen LogP contribution < -0.4 is 0 Å². The third-order valence-electron chi connectivity index (χ3n) is 1.12. The first kappa shape index (κ1) is 15.9. The molecule has 0 aromatic carbocycles. The van der Waals surface area contributed by atoms with E-state index in [9.17, 15) is 9.59 Å². The monoisotopic (exact) mass is 212 g/mol. The van der Waals surface area contributed by atoms with Gasteiger partial charge >= 0.3 is 41.5 Å². The molecule has 0 bridgehead atoms. The number of carbonyl (C=O) groups excluding carboxylic acids is 2. The molecule has 0 radical (unpaired) electrons. The van der Waals surface area contributed by atoms with Crippen LogP contribution in [0, 0.1) is 0 Å². The van der Waals surface area contributed by atoms with Gasteiger partial charge in [0.15, 0.2) is 5.57 Å². The molecule has 0 rings (SSSR count). The summed E-state index contributed by atoms with van der Waals surface area (Å²) in [6.45, 7) is 3.46. The molecular weight excluding hydrogens is 199 g/mol. The van der Waals surface area contributed by atoms with E-state index in [1.807, 2.05) is 0 Å². The van der Waals surface area contributed by atoms with Crippen LogP contribution in [-0.2, 0) is 19.1 Å². The van der Waals surface area contributed by atoms with Crippen LogP contribution in [0.3, 0.4) is 0 Å². The zero-order valence-corrected chi connectivity index (χ0v) is 7.57. The van der Waals surface area contributed by atoms with Gasteiger partial charge in [-0.15, -0.1) is 0 Å². The number of hydrogen-bond acceptors (Lipinski definition) is 5.